The zero-order valence-electron chi connectivity index (χ0n) is 18.1. The second-order valence-electron chi connectivity index (χ2n) is 8.57. The van der Waals surface area contributed by atoms with Crippen molar-refractivity contribution < 1.29 is 14.0 Å². The summed E-state index contributed by atoms with van der Waals surface area (Å²) in [6, 6.07) is 12.6. The third kappa shape index (κ3) is 5.13. The lowest BCUT2D eigenvalue weighted by molar-refractivity contribution is -0.123. The first-order valence-electron chi connectivity index (χ1n) is 11.2. The van der Waals surface area contributed by atoms with Gasteiger partial charge in [0, 0.05) is 26.2 Å². The predicted molar refractivity (Wildman–Crippen MR) is 118 cm³/mol. The van der Waals surface area contributed by atoms with Gasteiger partial charge >= 0.3 is 0 Å². The molecular formula is C25H30FN3O2. The third-order valence-corrected chi connectivity index (χ3v) is 6.38. The van der Waals surface area contributed by atoms with Crippen molar-refractivity contribution >= 4 is 11.8 Å². The quantitative estimate of drug-likeness (QED) is 0.803. The summed E-state index contributed by atoms with van der Waals surface area (Å²) in [5.74, 6) is -0.798. The third-order valence-electron chi connectivity index (χ3n) is 6.38. The molecule has 2 aromatic carbocycles. The zero-order valence-corrected chi connectivity index (χ0v) is 18.1. The van der Waals surface area contributed by atoms with E-state index >= 15 is 0 Å². The van der Waals surface area contributed by atoms with Crippen LogP contribution in [0, 0.1) is 5.82 Å². The Kier molecular flexibility index (Phi) is 6.66. The van der Waals surface area contributed by atoms with Crippen molar-refractivity contribution in [2.45, 2.75) is 38.6 Å². The van der Waals surface area contributed by atoms with Gasteiger partial charge in [-0.25, -0.2) is 4.39 Å². The number of hydrogen-bond donors (Lipinski definition) is 1. The maximum Gasteiger partial charge on any atom is 0.256 e. The molecule has 5 nitrogen and oxygen atoms in total. The molecule has 2 amide bonds. The summed E-state index contributed by atoms with van der Waals surface area (Å²) in [4.78, 5) is 28.8. The van der Waals surface area contributed by atoms with Gasteiger partial charge in [-0.15, -0.1) is 0 Å². The second-order valence-corrected chi connectivity index (χ2v) is 8.57. The van der Waals surface area contributed by atoms with E-state index in [0.717, 1.165) is 18.4 Å². The molecule has 4 rings (SSSR count). The lowest BCUT2D eigenvalue weighted by Crippen LogP contribution is -2.51. The maximum absolute atomic E-state index is 13.9. The largest absolute Gasteiger partial charge is 0.348 e. The van der Waals surface area contributed by atoms with Gasteiger partial charge in [-0.1, -0.05) is 30.3 Å². The van der Waals surface area contributed by atoms with E-state index in [1.807, 2.05) is 11.8 Å². The van der Waals surface area contributed by atoms with E-state index in [-0.39, 0.29) is 23.4 Å². The molecule has 0 aromatic heterocycles. The molecule has 1 aliphatic carbocycles. The molecule has 1 saturated heterocycles. The summed E-state index contributed by atoms with van der Waals surface area (Å²) < 4.78 is 13.9. The van der Waals surface area contributed by atoms with Crippen LogP contribution >= 0.6 is 0 Å². The van der Waals surface area contributed by atoms with Crippen molar-refractivity contribution in [2.75, 3.05) is 32.7 Å². The van der Waals surface area contributed by atoms with Gasteiger partial charge in [0.1, 0.15) is 5.82 Å². The van der Waals surface area contributed by atoms with Crippen molar-refractivity contribution in [1.29, 1.82) is 0 Å². The molecule has 0 saturated carbocycles. The van der Waals surface area contributed by atoms with Gasteiger partial charge in [0.05, 0.1) is 18.2 Å². The molecule has 0 radical (unpaired) electrons. The van der Waals surface area contributed by atoms with Gasteiger partial charge < -0.3 is 10.2 Å². The molecule has 2 aliphatic rings. The Labute approximate surface area is 183 Å². The van der Waals surface area contributed by atoms with Gasteiger partial charge in [-0.3, -0.25) is 14.5 Å². The molecule has 1 fully saturated rings. The van der Waals surface area contributed by atoms with E-state index in [2.05, 4.69) is 23.5 Å². The minimum absolute atomic E-state index is 0.0147. The normalized spacial score (nSPS) is 17.7. The summed E-state index contributed by atoms with van der Waals surface area (Å²) >= 11 is 0. The Morgan fingerprint density at radius 3 is 2.45 bits per heavy atom. The fourth-order valence-corrected chi connectivity index (χ4v) is 4.51. The van der Waals surface area contributed by atoms with E-state index in [9.17, 15) is 14.0 Å². The summed E-state index contributed by atoms with van der Waals surface area (Å²) in [5.41, 5.74) is 4.11. The highest BCUT2D eigenvalue weighted by Gasteiger charge is 2.25. The van der Waals surface area contributed by atoms with Crippen LogP contribution in [0.15, 0.2) is 42.5 Å². The van der Waals surface area contributed by atoms with Crippen molar-refractivity contribution in [3.8, 4) is 0 Å². The average Bonchev–Trinajstić information content (AvgIpc) is 2.79. The number of halogens is 1. The molecule has 0 spiro atoms. The molecule has 6 heteroatoms. The lowest BCUT2D eigenvalue weighted by atomic mass is 9.89. The van der Waals surface area contributed by atoms with Crippen LogP contribution in [0.4, 0.5) is 4.39 Å². The number of amides is 2. The second kappa shape index (κ2) is 9.60. The van der Waals surface area contributed by atoms with Crippen LogP contribution in [0.5, 0.6) is 0 Å². The van der Waals surface area contributed by atoms with Crippen LogP contribution in [-0.4, -0.2) is 54.3 Å². The van der Waals surface area contributed by atoms with Gasteiger partial charge in [-0.2, -0.15) is 0 Å². The number of benzene rings is 2. The summed E-state index contributed by atoms with van der Waals surface area (Å²) in [5, 5.41) is 3.11. The van der Waals surface area contributed by atoms with E-state index in [1.54, 1.807) is 17.0 Å². The molecule has 1 aliphatic heterocycles. The number of rotatable bonds is 5. The molecule has 164 valence electrons. The van der Waals surface area contributed by atoms with Crippen LogP contribution in [0.1, 0.15) is 52.9 Å². The molecule has 1 heterocycles. The number of nitrogens with one attached hydrogen (secondary N) is 1. The molecule has 1 unspecified atom stereocenters. The highest BCUT2D eigenvalue weighted by atomic mass is 19.1. The number of fused-ring (bicyclic) bond motifs is 1. The van der Waals surface area contributed by atoms with Crippen LogP contribution < -0.4 is 5.32 Å². The highest BCUT2D eigenvalue weighted by molar-refractivity contribution is 5.94. The van der Waals surface area contributed by atoms with Gasteiger partial charge in [0.15, 0.2) is 0 Å². The fraction of sp³-hybridized carbons (Fsp3) is 0.440. The Hall–Kier alpha value is -2.73. The first kappa shape index (κ1) is 21.5. The predicted octanol–water partition coefficient (Wildman–Crippen LogP) is 3.34. The van der Waals surface area contributed by atoms with E-state index < -0.39 is 5.82 Å². The summed E-state index contributed by atoms with van der Waals surface area (Å²) in [7, 11) is 0. The minimum atomic E-state index is -0.495. The molecule has 2 aromatic rings. The summed E-state index contributed by atoms with van der Waals surface area (Å²) in [6.45, 7) is 4.49. The minimum Gasteiger partial charge on any atom is -0.348 e. The number of nitrogens with zero attached hydrogens (tertiary/aromatic N) is 2. The monoisotopic (exact) mass is 423 g/mol. The van der Waals surface area contributed by atoms with E-state index in [1.165, 1.54) is 36.1 Å². The lowest BCUT2D eigenvalue weighted by Gasteiger charge is -2.34. The first-order chi connectivity index (χ1) is 15.0. The molecule has 1 atom stereocenters. The summed E-state index contributed by atoms with van der Waals surface area (Å²) in [6.07, 6.45) is 4.78. The Morgan fingerprint density at radius 1 is 1.00 bits per heavy atom. The van der Waals surface area contributed by atoms with Crippen LogP contribution in [0.3, 0.4) is 0 Å². The fourth-order valence-electron chi connectivity index (χ4n) is 4.51. The smallest absolute Gasteiger partial charge is 0.256 e. The average molecular weight is 424 g/mol. The number of hydrogen-bond acceptors (Lipinski definition) is 3. The Bertz CT molecular complexity index is 954. The number of carbonyl (C=O) groups is 2. The van der Waals surface area contributed by atoms with Crippen molar-refractivity contribution in [2.24, 2.45) is 0 Å². The zero-order chi connectivity index (χ0) is 21.8. The van der Waals surface area contributed by atoms with Gasteiger partial charge in [0.2, 0.25) is 5.91 Å². The number of carbonyl (C=O) groups excluding carboxylic acids is 2. The van der Waals surface area contributed by atoms with Crippen LogP contribution in [0.25, 0.3) is 0 Å². The number of piperazine rings is 1. The van der Waals surface area contributed by atoms with Crippen molar-refractivity contribution in [3.63, 3.8) is 0 Å². The van der Waals surface area contributed by atoms with Gasteiger partial charge in [0.25, 0.3) is 5.91 Å². The van der Waals surface area contributed by atoms with Gasteiger partial charge in [-0.05, 0) is 61.4 Å². The van der Waals surface area contributed by atoms with Crippen molar-refractivity contribution in [3.05, 3.63) is 70.5 Å². The standard InChI is InChI=1S/C25H30FN3O2/c1-18(20-11-10-19-6-2-3-7-21(19)16-20)27-24(30)17-28-12-14-29(15-13-28)25(31)22-8-4-5-9-23(22)26/h4-5,8-11,16,18H,2-3,6-7,12-15,17H2,1H3,(H,27,30). The molecular weight excluding hydrogens is 393 g/mol. The molecule has 31 heavy (non-hydrogen) atoms. The van der Waals surface area contributed by atoms with Crippen LogP contribution in [-0.2, 0) is 17.6 Å². The maximum atomic E-state index is 13.9. The van der Waals surface area contributed by atoms with E-state index in [4.69, 9.17) is 0 Å². The van der Waals surface area contributed by atoms with E-state index in [0.29, 0.717) is 32.7 Å². The highest BCUT2D eigenvalue weighted by Crippen LogP contribution is 2.24. The molecule has 1 N–H and O–H groups in total. The number of aryl methyl sites for hydroxylation is 2. The Balaban J connectivity index is 1.26. The molecule has 0 bridgehead atoms. The SMILES string of the molecule is CC(NC(=O)CN1CCN(C(=O)c2ccccc2F)CC1)c1ccc2c(c1)CCCC2. The van der Waals surface area contributed by atoms with Crippen LogP contribution in [0.2, 0.25) is 0 Å². The van der Waals surface area contributed by atoms with Crippen molar-refractivity contribution in [1.82, 2.24) is 15.1 Å². The first-order valence-corrected chi connectivity index (χ1v) is 11.2. The topological polar surface area (TPSA) is 52.7 Å². The Morgan fingerprint density at radius 2 is 1.71 bits per heavy atom.